The largest absolute Gasteiger partial charge is 1.00 e. The average molecular weight is 550 g/mol. The Morgan fingerprint density at radius 3 is 2.46 bits per heavy atom. The summed E-state index contributed by atoms with van der Waals surface area (Å²) in [5.74, 6) is -0.0669. The van der Waals surface area contributed by atoms with Crippen LogP contribution in [0.3, 0.4) is 0 Å². The maximum Gasteiger partial charge on any atom is -1.00 e. The summed E-state index contributed by atoms with van der Waals surface area (Å²) in [4.78, 5) is 12.7. The molecule has 0 bridgehead atoms. The van der Waals surface area contributed by atoms with Gasteiger partial charge in [0.15, 0.2) is 0 Å². The van der Waals surface area contributed by atoms with Gasteiger partial charge >= 0.3 is 143 Å². The Morgan fingerprint density at radius 2 is 1.79 bits per heavy atom. The minimum atomic E-state index is -2.13. The van der Waals surface area contributed by atoms with E-state index in [0.717, 1.165) is 12.8 Å². The summed E-state index contributed by atoms with van der Waals surface area (Å²) >= 11 is -2.13. The minimum Gasteiger partial charge on any atom is -1.00 e. The molecule has 131 valence electrons. The molecule has 0 aliphatic heterocycles. The van der Waals surface area contributed by atoms with Crippen LogP contribution in [0.15, 0.2) is 30.3 Å². The van der Waals surface area contributed by atoms with E-state index in [4.69, 9.17) is 0 Å². The Morgan fingerprint density at radius 1 is 1.12 bits per heavy atom. The number of amides is 1. The summed E-state index contributed by atoms with van der Waals surface area (Å²) in [6.45, 7) is 4.88. The summed E-state index contributed by atoms with van der Waals surface area (Å²) in [6.07, 6.45) is 10.7. The topological polar surface area (TPSA) is 29.1 Å². The molecule has 1 atom stereocenters. The SMILES string of the molecule is C[SiH](C)[Hf+2]([NH]C(=O)C1CCCCC1)[CH]1C=Cc2ccccc21.[Cl-].[Cl-]. The molecule has 1 aromatic carbocycles. The smallest absolute Gasteiger partial charge is 1.00 e. The number of halogens is 2. The molecule has 1 N–H and O–H groups in total. The fraction of sp³-hybridized carbons (Fsp3) is 0.500. The second-order valence-corrected chi connectivity index (χ2v) is 33.2. The Kier molecular flexibility index (Phi) is 9.50. The first-order chi connectivity index (χ1) is 10.7. The minimum absolute atomic E-state index is 0. The normalized spacial score (nSPS) is 19.2. The monoisotopic (exact) mass is 550 g/mol. The van der Waals surface area contributed by atoms with Crippen molar-refractivity contribution < 1.29 is 50.5 Å². The van der Waals surface area contributed by atoms with Crippen LogP contribution in [-0.4, -0.2) is 11.9 Å². The molecule has 1 aromatic rings. The van der Waals surface area contributed by atoms with Gasteiger partial charge in [-0.2, -0.15) is 0 Å². The van der Waals surface area contributed by atoms with Gasteiger partial charge in [-0.15, -0.1) is 0 Å². The van der Waals surface area contributed by atoms with Gasteiger partial charge in [0.2, 0.25) is 0 Å². The van der Waals surface area contributed by atoms with E-state index in [1.807, 2.05) is 0 Å². The quantitative estimate of drug-likeness (QED) is 0.432. The average Bonchev–Trinajstić information content (AvgIpc) is 2.96. The molecule has 1 fully saturated rings. The molecular formula is C18H26Cl2HfNOSi. The van der Waals surface area contributed by atoms with Gasteiger partial charge in [-0.3, -0.25) is 0 Å². The first-order valence-corrected chi connectivity index (χ1v) is 21.6. The van der Waals surface area contributed by atoms with Gasteiger partial charge in [0.05, 0.1) is 0 Å². The van der Waals surface area contributed by atoms with E-state index in [2.05, 4.69) is 52.8 Å². The van der Waals surface area contributed by atoms with Crippen molar-refractivity contribution in [1.82, 2.24) is 3.30 Å². The van der Waals surface area contributed by atoms with E-state index in [9.17, 15) is 4.79 Å². The van der Waals surface area contributed by atoms with E-state index < -0.39 is 26.9 Å². The molecular weight excluding hydrogens is 524 g/mol. The number of benzene rings is 1. The molecule has 0 radical (unpaired) electrons. The summed E-state index contributed by atoms with van der Waals surface area (Å²) in [5.41, 5.74) is 2.85. The zero-order valence-corrected chi connectivity index (χ0v) is 20.7. The van der Waals surface area contributed by atoms with Crippen molar-refractivity contribution in [3.8, 4) is 0 Å². The van der Waals surface area contributed by atoms with Crippen molar-refractivity contribution in [1.29, 1.82) is 0 Å². The molecule has 2 aliphatic rings. The van der Waals surface area contributed by atoms with Gasteiger partial charge in [0.25, 0.3) is 0 Å². The number of carbonyl (C=O) groups excluding carboxylic acids is 1. The van der Waals surface area contributed by atoms with Crippen molar-refractivity contribution in [2.75, 3.05) is 0 Å². The Labute approximate surface area is 167 Å². The van der Waals surface area contributed by atoms with Crippen LogP contribution in [0.4, 0.5) is 0 Å². The Bertz CT molecular complexity index is 576. The van der Waals surface area contributed by atoms with Crippen LogP contribution in [0.25, 0.3) is 6.08 Å². The van der Waals surface area contributed by atoms with E-state index in [1.165, 1.54) is 30.4 Å². The first-order valence-electron chi connectivity index (χ1n) is 8.61. The summed E-state index contributed by atoms with van der Waals surface area (Å²) in [5, 5.41) is 0. The van der Waals surface area contributed by atoms with Crippen molar-refractivity contribution >= 4 is 18.0 Å². The Balaban J connectivity index is 0.00000144. The zero-order chi connectivity index (χ0) is 15.5. The van der Waals surface area contributed by atoms with Crippen molar-refractivity contribution in [2.24, 2.45) is 5.92 Å². The number of hydrogen-bond donors (Lipinski definition) is 1. The van der Waals surface area contributed by atoms with Crippen LogP contribution >= 0.6 is 0 Å². The van der Waals surface area contributed by atoms with Crippen LogP contribution in [-0.2, 0) is 25.7 Å². The van der Waals surface area contributed by atoms with Crippen LogP contribution in [0.1, 0.15) is 46.9 Å². The molecule has 0 spiro atoms. The summed E-state index contributed by atoms with van der Waals surface area (Å²) in [6, 6.07) is 8.74. The number of rotatable bonds is 4. The molecule has 0 saturated heterocycles. The van der Waals surface area contributed by atoms with Gasteiger partial charge in [-0.25, -0.2) is 0 Å². The van der Waals surface area contributed by atoms with E-state index in [-0.39, 0.29) is 24.8 Å². The van der Waals surface area contributed by atoms with Crippen LogP contribution in [0.2, 0.25) is 13.1 Å². The molecule has 24 heavy (non-hydrogen) atoms. The predicted molar refractivity (Wildman–Crippen MR) is 91.8 cm³/mol. The van der Waals surface area contributed by atoms with E-state index in [0.29, 0.717) is 15.5 Å². The maximum absolute atomic E-state index is 12.7. The molecule has 2 aliphatic carbocycles. The second kappa shape index (κ2) is 10.3. The third kappa shape index (κ3) is 5.06. The van der Waals surface area contributed by atoms with Crippen LogP contribution in [0.5, 0.6) is 0 Å². The number of nitrogens with one attached hydrogen (secondary N) is 1. The van der Waals surface area contributed by atoms with Crippen molar-refractivity contribution in [2.45, 2.75) is 48.9 Å². The van der Waals surface area contributed by atoms with E-state index in [1.54, 1.807) is 0 Å². The van der Waals surface area contributed by atoms with Crippen molar-refractivity contribution in [3.05, 3.63) is 41.5 Å². The Hall–Kier alpha value is 0.0970. The molecule has 3 rings (SSSR count). The molecule has 1 amide bonds. The molecule has 6 heteroatoms. The number of hydrogen-bond acceptors (Lipinski definition) is 1. The molecule has 0 aromatic heterocycles. The number of fused-ring (bicyclic) bond motifs is 1. The fourth-order valence-electron chi connectivity index (χ4n) is 3.71. The maximum atomic E-state index is 12.7. The van der Waals surface area contributed by atoms with Gasteiger partial charge in [-0.05, 0) is 0 Å². The van der Waals surface area contributed by atoms with Crippen LogP contribution in [0, 0.1) is 5.92 Å². The third-order valence-corrected chi connectivity index (χ3v) is 29.9. The number of carbonyl (C=O) groups is 1. The molecule has 0 heterocycles. The van der Waals surface area contributed by atoms with Crippen LogP contribution < -0.4 is 28.1 Å². The molecule has 2 nitrogen and oxygen atoms in total. The second-order valence-electron chi connectivity index (χ2n) is 6.90. The van der Waals surface area contributed by atoms with Gasteiger partial charge in [-0.1, -0.05) is 0 Å². The molecule has 1 unspecified atom stereocenters. The van der Waals surface area contributed by atoms with Gasteiger partial charge < -0.3 is 24.8 Å². The van der Waals surface area contributed by atoms with E-state index >= 15 is 0 Å². The van der Waals surface area contributed by atoms with Gasteiger partial charge in [0.1, 0.15) is 0 Å². The predicted octanol–water partition coefficient (Wildman–Crippen LogP) is -2.02. The summed E-state index contributed by atoms with van der Waals surface area (Å²) < 4.78 is 4.24. The summed E-state index contributed by atoms with van der Waals surface area (Å²) in [7, 11) is 0. The fourth-order valence-corrected chi connectivity index (χ4v) is 24.7. The number of allylic oxidation sites excluding steroid dienone is 1. The zero-order valence-electron chi connectivity index (χ0n) is 14.4. The first kappa shape index (κ1) is 22.1. The third-order valence-electron chi connectivity index (χ3n) is 5.00. The van der Waals surface area contributed by atoms with Gasteiger partial charge in [0, 0.05) is 0 Å². The standard InChI is InChI=1S/C9H7.C7H13NO.C2H7Si.2ClH.Hf/c1-2-5-9-7-3-6-8(9)4-1;8-7(9)6-4-2-1-3-5-6;1-3-2;;;/h1-7H;6H,1-5H2,(H2,8,9);3H,1-2H3;2*1H;/q;;;;;+3/p-3. The molecule has 1 saturated carbocycles. The van der Waals surface area contributed by atoms with Crippen molar-refractivity contribution in [3.63, 3.8) is 0 Å².